The summed E-state index contributed by atoms with van der Waals surface area (Å²) in [6.45, 7) is 6.67. The third-order valence-electron chi connectivity index (χ3n) is 4.71. The Bertz CT molecular complexity index is 805. The molecule has 0 amide bonds. The van der Waals surface area contributed by atoms with Crippen LogP contribution in [0.4, 0.5) is 14.6 Å². The van der Waals surface area contributed by atoms with E-state index in [0.29, 0.717) is 19.8 Å². The molecule has 1 aliphatic heterocycles. The van der Waals surface area contributed by atoms with Gasteiger partial charge in [-0.25, -0.2) is 9.37 Å². The van der Waals surface area contributed by atoms with Crippen LogP contribution >= 0.6 is 11.6 Å². The van der Waals surface area contributed by atoms with Crippen molar-refractivity contribution in [2.24, 2.45) is 0 Å². The van der Waals surface area contributed by atoms with E-state index < -0.39 is 11.6 Å². The molecule has 1 aliphatic rings. The fourth-order valence-electron chi connectivity index (χ4n) is 3.37. The molecule has 0 unspecified atom stereocenters. The summed E-state index contributed by atoms with van der Waals surface area (Å²) in [4.78, 5) is 9.79. The molecule has 29 heavy (non-hydrogen) atoms. The minimum atomic E-state index is -0.518. The van der Waals surface area contributed by atoms with Crippen LogP contribution in [0.15, 0.2) is 18.3 Å². The van der Waals surface area contributed by atoms with E-state index in [1.165, 1.54) is 0 Å². The number of rotatable bonds is 8. The van der Waals surface area contributed by atoms with Gasteiger partial charge in [0.1, 0.15) is 0 Å². The number of nitrogens with one attached hydrogen (secondary N) is 1. The molecule has 1 saturated heterocycles. The lowest BCUT2D eigenvalue weighted by molar-refractivity contribution is 0.210. The molecule has 0 aliphatic carbocycles. The number of ether oxygens (including phenoxy) is 2. The fourth-order valence-corrected chi connectivity index (χ4v) is 3.51. The number of aromatic nitrogens is 2. The molecule has 2 heterocycles. The smallest absolute Gasteiger partial charge is 0.224 e. The third-order valence-corrected chi connectivity index (χ3v) is 4.90. The van der Waals surface area contributed by atoms with Gasteiger partial charge >= 0.3 is 0 Å². The Labute approximate surface area is 174 Å². The van der Waals surface area contributed by atoms with Gasteiger partial charge in [-0.05, 0) is 56.0 Å². The van der Waals surface area contributed by atoms with Gasteiger partial charge in [-0.15, -0.1) is 0 Å². The summed E-state index contributed by atoms with van der Waals surface area (Å²) in [5.41, 5.74) is 0.929. The maximum absolute atomic E-state index is 14.4. The van der Waals surface area contributed by atoms with E-state index in [1.54, 1.807) is 12.1 Å². The van der Waals surface area contributed by atoms with Gasteiger partial charge in [-0.1, -0.05) is 0 Å². The summed E-state index contributed by atoms with van der Waals surface area (Å²) in [5.74, 6) is -0.437. The van der Waals surface area contributed by atoms with Crippen LogP contribution in [0.5, 0.6) is 11.5 Å². The van der Waals surface area contributed by atoms with Crippen molar-refractivity contribution in [2.45, 2.75) is 39.3 Å². The summed E-state index contributed by atoms with van der Waals surface area (Å²) in [7, 11) is 0. The normalized spacial score (nSPS) is 15.3. The molecule has 1 aromatic heterocycles. The van der Waals surface area contributed by atoms with Gasteiger partial charge in [0.2, 0.25) is 11.1 Å². The number of hydrogen-bond donors (Lipinski definition) is 1. The highest BCUT2D eigenvalue weighted by atomic mass is 35.5. The average Bonchev–Trinajstić information content (AvgIpc) is 2.70. The van der Waals surface area contributed by atoms with Gasteiger partial charge in [-0.3, -0.25) is 4.90 Å². The molecule has 2 aromatic rings. The van der Waals surface area contributed by atoms with E-state index in [2.05, 4.69) is 20.2 Å². The minimum Gasteiger partial charge on any atom is -0.491 e. The van der Waals surface area contributed by atoms with Gasteiger partial charge < -0.3 is 14.8 Å². The number of piperidine rings is 1. The molecule has 3 rings (SSSR count). The van der Waals surface area contributed by atoms with Crippen LogP contribution in [0.2, 0.25) is 5.28 Å². The Morgan fingerprint density at radius 3 is 2.34 bits per heavy atom. The second kappa shape index (κ2) is 10.0. The zero-order chi connectivity index (χ0) is 20.8. The number of benzene rings is 1. The van der Waals surface area contributed by atoms with Gasteiger partial charge in [0.05, 0.1) is 19.4 Å². The standard InChI is InChI=1S/C20H25ClF2N4O2/c1-3-28-16-9-13(10-17(18(16)23)29-4-2)12-27-7-5-14(6-8-27)25-19-15(22)11-24-20(21)26-19/h9-11,14H,3-8,12H2,1-2H3,(H,24,25,26). The van der Waals surface area contributed by atoms with Crippen molar-refractivity contribution in [3.05, 3.63) is 40.8 Å². The summed E-state index contributed by atoms with van der Waals surface area (Å²) in [6.07, 6.45) is 2.70. The topological polar surface area (TPSA) is 59.5 Å². The summed E-state index contributed by atoms with van der Waals surface area (Å²) in [6, 6.07) is 3.55. The van der Waals surface area contributed by atoms with E-state index in [-0.39, 0.29) is 28.6 Å². The van der Waals surface area contributed by atoms with Crippen molar-refractivity contribution < 1.29 is 18.3 Å². The molecule has 0 bridgehead atoms. The first-order chi connectivity index (χ1) is 14.0. The average molecular weight is 427 g/mol. The van der Waals surface area contributed by atoms with Crippen molar-refractivity contribution in [1.29, 1.82) is 0 Å². The fraction of sp³-hybridized carbons (Fsp3) is 0.500. The van der Waals surface area contributed by atoms with Crippen LogP contribution < -0.4 is 14.8 Å². The Kier molecular flexibility index (Phi) is 7.44. The van der Waals surface area contributed by atoms with Crippen LogP contribution in [-0.4, -0.2) is 47.2 Å². The predicted molar refractivity (Wildman–Crippen MR) is 108 cm³/mol. The quantitative estimate of drug-likeness (QED) is 0.636. The number of nitrogens with zero attached hydrogens (tertiary/aromatic N) is 3. The van der Waals surface area contributed by atoms with Crippen molar-refractivity contribution in [3.63, 3.8) is 0 Å². The highest BCUT2D eigenvalue weighted by molar-refractivity contribution is 6.28. The molecular formula is C20H25ClF2N4O2. The molecule has 1 N–H and O–H groups in total. The Hall–Kier alpha value is -2.19. The maximum atomic E-state index is 14.4. The van der Waals surface area contributed by atoms with Crippen LogP contribution in [0.1, 0.15) is 32.3 Å². The molecule has 0 atom stereocenters. The highest BCUT2D eigenvalue weighted by Gasteiger charge is 2.22. The molecule has 6 nitrogen and oxygen atoms in total. The van der Waals surface area contributed by atoms with Crippen LogP contribution in [0, 0.1) is 11.6 Å². The van der Waals surface area contributed by atoms with E-state index in [0.717, 1.165) is 37.7 Å². The zero-order valence-corrected chi connectivity index (χ0v) is 17.3. The summed E-state index contributed by atoms with van der Waals surface area (Å²) < 4.78 is 39.0. The zero-order valence-electron chi connectivity index (χ0n) is 16.6. The first kappa shape index (κ1) is 21.5. The van der Waals surface area contributed by atoms with Gasteiger partial charge in [0, 0.05) is 25.7 Å². The van der Waals surface area contributed by atoms with E-state index in [1.807, 2.05) is 13.8 Å². The lowest BCUT2D eigenvalue weighted by Crippen LogP contribution is -2.39. The van der Waals surface area contributed by atoms with Gasteiger partial charge in [-0.2, -0.15) is 9.37 Å². The molecule has 9 heteroatoms. The monoisotopic (exact) mass is 426 g/mol. The molecular weight excluding hydrogens is 402 g/mol. The third kappa shape index (κ3) is 5.67. The molecule has 0 saturated carbocycles. The van der Waals surface area contributed by atoms with Crippen molar-refractivity contribution in [2.75, 3.05) is 31.6 Å². The molecule has 158 valence electrons. The first-order valence-corrected chi connectivity index (χ1v) is 10.1. The summed E-state index contributed by atoms with van der Waals surface area (Å²) in [5, 5.41) is 3.12. The number of hydrogen-bond acceptors (Lipinski definition) is 6. The largest absolute Gasteiger partial charge is 0.491 e. The Morgan fingerprint density at radius 1 is 1.14 bits per heavy atom. The Balaban J connectivity index is 1.61. The molecule has 1 fully saturated rings. The SMILES string of the molecule is CCOc1cc(CN2CCC(Nc3nc(Cl)ncc3F)CC2)cc(OCC)c1F. The van der Waals surface area contributed by atoms with E-state index in [9.17, 15) is 8.78 Å². The van der Waals surface area contributed by atoms with Crippen LogP contribution in [-0.2, 0) is 6.54 Å². The molecule has 0 spiro atoms. The highest BCUT2D eigenvalue weighted by Crippen LogP contribution is 2.30. The Morgan fingerprint density at radius 2 is 1.76 bits per heavy atom. The van der Waals surface area contributed by atoms with Crippen molar-refractivity contribution in [3.8, 4) is 11.5 Å². The second-order valence-corrected chi connectivity index (χ2v) is 7.14. The molecule has 0 radical (unpaired) electrons. The maximum Gasteiger partial charge on any atom is 0.224 e. The second-order valence-electron chi connectivity index (χ2n) is 6.80. The van der Waals surface area contributed by atoms with Crippen LogP contribution in [0.3, 0.4) is 0 Å². The summed E-state index contributed by atoms with van der Waals surface area (Å²) >= 11 is 5.75. The van der Waals surface area contributed by atoms with Crippen molar-refractivity contribution >= 4 is 17.4 Å². The molecule has 1 aromatic carbocycles. The lowest BCUT2D eigenvalue weighted by Gasteiger charge is -2.32. The first-order valence-electron chi connectivity index (χ1n) is 9.75. The number of halogens is 3. The minimum absolute atomic E-state index is 0.0119. The van der Waals surface area contributed by atoms with E-state index in [4.69, 9.17) is 21.1 Å². The van der Waals surface area contributed by atoms with Crippen molar-refractivity contribution in [1.82, 2.24) is 14.9 Å². The predicted octanol–water partition coefficient (Wildman–Crippen LogP) is 4.28. The van der Waals surface area contributed by atoms with Gasteiger partial charge in [0.15, 0.2) is 23.1 Å². The number of likely N-dealkylation sites (tertiary alicyclic amines) is 1. The lowest BCUT2D eigenvalue weighted by atomic mass is 10.0. The van der Waals surface area contributed by atoms with Gasteiger partial charge in [0.25, 0.3) is 0 Å². The number of anilines is 1. The van der Waals surface area contributed by atoms with E-state index >= 15 is 0 Å². The van der Waals surface area contributed by atoms with Crippen LogP contribution in [0.25, 0.3) is 0 Å².